The highest BCUT2D eigenvalue weighted by molar-refractivity contribution is 5.06. The highest BCUT2D eigenvalue weighted by Crippen LogP contribution is 2.47. The first kappa shape index (κ1) is 7.18. The molecule has 2 fully saturated rings. The summed E-state index contributed by atoms with van der Waals surface area (Å²) in [6.45, 7) is 5.56. The van der Waals surface area contributed by atoms with Crippen LogP contribution >= 0.6 is 0 Å². The summed E-state index contributed by atoms with van der Waals surface area (Å²) in [5.74, 6) is 6.05. The van der Waals surface area contributed by atoms with Gasteiger partial charge >= 0.3 is 0 Å². The third-order valence-corrected chi connectivity index (χ3v) is 3.01. The van der Waals surface area contributed by atoms with Gasteiger partial charge in [-0.05, 0) is 25.2 Å². The zero-order chi connectivity index (χ0) is 7.73. The second kappa shape index (κ2) is 2.53. The molecule has 0 aromatic heterocycles. The van der Waals surface area contributed by atoms with E-state index in [0.717, 1.165) is 12.0 Å². The molecule has 11 heavy (non-hydrogen) atoms. The van der Waals surface area contributed by atoms with Crippen LogP contribution in [-0.4, -0.2) is 24.5 Å². The fourth-order valence-electron chi connectivity index (χ4n) is 2.20. The average molecular weight is 149 g/mol. The van der Waals surface area contributed by atoms with Crippen LogP contribution < -0.4 is 0 Å². The smallest absolute Gasteiger partial charge is 0.0601 e. The molecule has 1 spiro atoms. The molecule has 0 bridgehead atoms. The predicted molar refractivity (Wildman–Crippen MR) is 46.2 cm³/mol. The Balaban J connectivity index is 1.73. The lowest BCUT2D eigenvalue weighted by atomic mass is 9.63. The fourth-order valence-corrected chi connectivity index (χ4v) is 2.20. The second-order valence-corrected chi connectivity index (χ2v) is 3.93. The van der Waals surface area contributed by atoms with E-state index in [4.69, 9.17) is 0 Å². The lowest BCUT2D eigenvalue weighted by molar-refractivity contribution is -0.0516. The molecule has 0 N–H and O–H groups in total. The Bertz CT molecular complexity index is 197. The van der Waals surface area contributed by atoms with Gasteiger partial charge in [0.1, 0.15) is 0 Å². The van der Waals surface area contributed by atoms with E-state index in [2.05, 4.69) is 16.7 Å². The third kappa shape index (κ3) is 1.16. The minimum Gasteiger partial charge on any atom is -0.291 e. The third-order valence-electron chi connectivity index (χ3n) is 3.01. The molecule has 1 nitrogen and oxygen atoms in total. The van der Waals surface area contributed by atoms with Gasteiger partial charge < -0.3 is 0 Å². The maximum absolute atomic E-state index is 3.11. The average Bonchev–Trinajstić information content (AvgIpc) is 1.81. The highest BCUT2D eigenvalue weighted by Gasteiger charge is 2.46. The number of hydrogen-bond donors (Lipinski definition) is 0. The van der Waals surface area contributed by atoms with E-state index in [-0.39, 0.29) is 0 Å². The molecule has 60 valence electrons. The normalized spacial score (nSPS) is 26.6. The summed E-state index contributed by atoms with van der Waals surface area (Å²) in [6.07, 6.45) is 4.42. The summed E-state index contributed by atoms with van der Waals surface area (Å²) in [4.78, 5) is 2.45. The van der Waals surface area contributed by atoms with Crippen LogP contribution in [0.1, 0.15) is 26.2 Å². The molecular weight excluding hydrogens is 134 g/mol. The van der Waals surface area contributed by atoms with Crippen molar-refractivity contribution >= 4 is 0 Å². The summed E-state index contributed by atoms with van der Waals surface area (Å²) >= 11 is 0. The highest BCUT2D eigenvalue weighted by atomic mass is 15.2. The van der Waals surface area contributed by atoms with Crippen molar-refractivity contribution in [1.29, 1.82) is 0 Å². The number of nitrogens with zero attached hydrogens (tertiary/aromatic N) is 1. The van der Waals surface area contributed by atoms with Crippen LogP contribution in [0.15, 0.2) is 0 Å². The van der Waals surface area contributed by atoms with E-state index in [9.17, 15) is 0 Å². The van der Waals surface area contributed by atoms with Gasteiger partial charge in [-0.3, -0.25) is 4.90 Å². The summed E-state index contributed by atoms with van der Waals surface area (Å²) in [5, 5.41) is 0. The van der Waals surface area contributed by atoms with E-state index in [0.29, 0.717) is 0 Å². The standard InChI is InChI=1S/C10H15N/c1-2-3-7-11-8-10(9-11)5-4-6-10/h4-9H2,1H3. The van der Waals surface area contributed by atoms with E-state index >= 15 is 0 Å². The molecular formula is C10H15N. The Labute approximate surface area is 68.8 Å². The largest absolute Gasteiger partial charge is 0.291 e. The van der Waals surface area contributed by atoms with Crippen molar-refractivity contribution in [2.75, 3.05) is 19.6 Å². The minimum atomic E-state index is 0.773. The van der Waals surface area contributed by atoms with Crippen LogP contribution in [0, 0.1) is 17.3 Å². The zero-order valence-corrected chi connectivity index (χ0v) is 7.19. The van der Waals surface area contributed by atoms with Crippen molar-refractivity contribution in [3.63, 3.8) is 0 Å². The molecule has 0 unspecified atom stereocenters. The van der Waals surface area contributed by atoms with Crippen LogP contribution in [0.3, 0.4) is 0 Å². The van der Waals surface area contributed by atoms with Crippen LogP contribution in [0.4, 0.5) is 0 Å². The summed E-state index contributed by atoms with van der Waals surface area (Å²) < 4.78 is 0. The van der Waals surface area contributed by atoms with Crippen molar-refractivity contribution in [3.8, 4) is 11.8 Å². The number of hydrogen-bond acceptors (Lipinski definition) is 1. The summed E-state index contributed by atoms with van der Waals surface area (Å²) in [5.41, 5.74) is 0.773. The Kier molecular flexibility index (Phi) is 1.65. The molecule has 0 aromatic rings. The van der Waals surface area contributed by atoms with Gasteiger partial charge in [0.2, 0.25) is 0 Å². The van der Waals surface area contributed by atoms with Gasteiger partial charge in [0.15, 0.2) is 0 Å². The molecule has 2 aliphatic rings. The van der Waals surface area contributed by atoms with E-state index in [1.165, 1.54) is 32.4 Å². The molecule has 1 aliphatic carbocycles. The SMILES string of the molecule is CC#CCN1CC2(CCC2)C1. The van der Waals surface area contributed by atoms with E-state index < -0.39 is 0 Å². The van der Waals surface area contributed by atoms with Crippen molar-refractivity contribution in [2.24, 2.45) is 5.41 Å². The Hall–Kier alpha value is -0.480. The molecule has 0 aromatic carbocycles. The second-order valence-electron chi connectivity index (χ2n) is 3.93. The topological polar surface area (TPSA) is 3.24 Å². The molecule has 1 aliphatic heterocycles. The van der Waals surface area contributed by atoms with Gasteiger partial charge in [-0.1, -0.05) is 12.3 Å². The van der Waals surface area contributed by atoms with E-state index in [1.54, 1.807) is 0 Å². The Morgan fingerprint density at radius 2 is 2.09 bits per heavy atom. The Morgan fingerprint density at radius 1 is 1.36 bits per heavy atom. The predicted octanol–water partition coefficient (Wildman–Crippen LogP) is 1.50. The molecule has 0 atom stereocenters. The minimum absolute atomic E-state index is 0.773. The van der Waals surface area contributed by atoms with Gasteiger partial charge in [0, 0.05) is 13.1 Å². The zero-order valence-electron chi connectivity index (χ0n) is 7.19. The van der Waals surface area contributed by atoms with Crippen molar-refractivity contribution in [2.45, 2.75) is 26.2 Å². The lowest BCUT2D eigenvalue weighted by Crippen LogP contribution is -2.59. The van der Waals surface area contributed by atoms with Gasteiger partial charge in [-0.2, -0.15) is 0 Å². The van der Waals surface area contributed by atoms with Crippen molar-refractivity contribution < 1.29 is 0 Å². The van der Waals surface area contributed by atoms with Gasteiger partial charge in [0.05, 0.1) is 6.54 Å². The van der Waals surface area contributed by atoms with Gasteiger partial charge in [0.25, 0.3) is 0 Å². The number of likely N-dealkylation sites (tertiary alicyclic amines) is 1. The molecule has 0 amide bonds. The first-order chi connectivity index (χ1) is 5.35. The van der Waals surface area contributed by atoms with Gasteiger partial charge in [-0.15, -0.1) is 5.92 Å². The lowest BCUT2D eigenvalue weighted by Gasteiger charge is -2.55. The maximum Gasteiger partial charge on any atom is 0.0601 e. The summed E-state index contributed by atoms with van der Waals surface area (Å²) in [7, 11) is 0. The molecule has 2 rings (SSSR count). The molecule has 1 heteroatoms. The molecule has 0 radical (unpaired) electrons. The first-order valence-electron chi connectivity index (χ1n) is 4.47. The maximum atomic E-state index is 3.11. The fraction of sp³-hybridized carbons (Fsp3) is 0.800. The summed E-state index contributed by atoms with van der Waals surface area (Å²) in [6, 6.07) is 0. The molecule has 1 heterocycles. The van der Waals surface area contributed by atoms with Gasteiger partial charge in [-0.25, -0.2) is 0 Å². The van der Waals surface area contributed by atoms with Crippen molar-refractivity contribution in [3.05, 3.63) is 0 Å². The molecule has 1 saturated heterocycles. The van der Waals surface area contributed by atoms with Crippen LogP contribution in [0.2, 0.25) is 0 Å². The van der Waals surface area contributed by atoms with Crippen LogP contribution in [-0.2, 0) is 0 Å². The monoisotopic (exact) mass is 149 g/mol. The van der Waals surface area contributed by atoms with Crippen LogP contribution in [0.5, 0.6) is 0 Å². The quantitative estimate of drug-likeness (QED) is 0.511. The van der Waals surface area contributed by atoms with Crippen LogP contribution in [0.25, 0.3) is 0 Å². The Morgan fingerprint density at radius 3 is 2.55 bits per heavy atom. The van der Waals surface area contributed by atoms with Crippen molar-refractivity contribution in [1.82, 2.24) is 4.90 Å². The molecule has 1 saturated carbocycles. The van der Waals surface area contributed by atoms with E-state index in [1.807, 2.05) is 6.92 Å². The number of rotatable bonds is 1. The first-order valence-corrected chi connectivity index (χ1v) is 4.47.